The van der Waals surface area contributed by atoms with E-state index in [4.69, 9.17) is 0 Å². The SMILES string of the molecule is c1ccc(N(c2ccccc2)c2cccc(-c3ccc4c(c3)-c3ccc(N(c5ccccc5)c5ccc6c(c5)-c5ccccc5C6)cc3C4)c2)cc1. The lowest BCUT2D eigenvalue weighted by Crippen LogP contribution is -2.10. The summed E-state index contributed by atoms with van der Waals surface area (Å²) in [4.78, 5) is 4.73. The van der Waals surface area contributed by atoms with E-state index in [1.165, 1.54) is 67.0 Å². The van der Waals surface area contributed by atoms with Crippen LogP contribution in [-0.4, -0.2) is 0 Å². The second kappa shape index (κ2) is 12.6. The van der Waals surface area contributed by atoms with Crippen LogP contribution >= 0.6 is 0 Å². The second-order valence-electron chi connectivity index (χ2n) is 13.8. The van der Waals surface area contributed by atoms with Crippen molar-refractivity contribution in [2.24, 2.45) is 0 Å². The molecule has 0 aliphatic heterocycles. The van der Waals surface area contributed by atoms with Crippen molar-refractivity contribution < 1.29 is 0 Å². The van der Waals surface area contributed by atoms with Crippen LogP contribution < -0.4 is 9.80 Å². The standard InChI is InChI=1S/C50H36N2/c1-4-15-41(16-5-1)51(42-17-6-2-7-18-42)44-21-12-14-35(31-44)36-23-24-38-30-40-32-45(27-28-48(40)49(38)33-36)52(43-19-8-3-9-20-43)46-26-25-39-29-37-13-10-11-22-47(37)50(39)34-46/h1-28,31-34H,29-30H2. The number of anilines is 6. The lowest BCUT2D eigenvalue weighted by Gasteiger charge is -2.26. The Kier molecular flexibility index (Phi) is 7.32. The molecule has 2 aliphatic rings. The first-order chi connectivity index (χ1) is 25.8. The van der Waals surface area contributed by atoms with Gasteiger partial charge in [0.1, 0.15) is 0 Å². The molecule has 0 radical (unpaired) electrons. The summed E-state index contributed by atoms with van der Waals surface area (Å²) in [5.41, 5.74) is 20.3. The van der Waals surface area contributed by atoms with Crippen LogP contribution in [0.3, 0.4) is 0 Å². The van der Waals surface area contributed by atoms with Gasteiger partial charge in [-0.25, -0.2) is 0 Å². The molecule has 0 heterocycles. The van der Waals surface area contributed by atoms with Crippen LogP contribution in [0.1, 0.15) is 22.3 Å². The zero-order chi connectivity index (χ0) is 34.4. The maximum Gasteiger partial charge on any atom is 0.0467 e. The Hall–Kier alpha value is -6.64. The third-order valence-electron chi connectivity index (χ3n) is 10.6. The van der Waals surface area contributed by atoms with Gasteiger partial charge in [0.15, 0.2) is 0 Å². The minimum Gasteiger partial charge on any atom is -0.310 e. The van der Waals surface area contributed by atoms with Gasteiger partial charge in [0.05, 0.1) is 0 Å². The first-order valence-corrected chi connectivity index (χ1v) is 18.1. The molecule has 0 N–H and O–H groups in total. The lowest BCUT2D eigenvalue weighted by atomic mass is 9.98. The maximum atomic E-state index is 2.41. The summed E-state index contributed by atoms with van der Waals surface area (Å²) in [5.74, 6) is 0. The van der Waals surface area contributed by atoms with Crippen LogP contribution in [0.2, 0.25) is 0 Å². The molecule has 52 heavy (non-hydrogen) atoms. The Labute approximate surface area is 305 Å². The molecule has 0 bridgehead atoms. The number of benzene rings is 8. The molecule has 0 amide bonds. The van der Waals surface area contributed by atoms with E-state index in [0.29, 0.717) is 0 Å². The fraction of sp³-hybridized carbons (Fsp3) is 0.0400. The zero-order valence-electron chi connectivity index (χ0n) is 28.8. The van der Waals surface area contributed by atoms with E-state index in [9.17, 15) is 0 Å². The van der Waals surface area contributed by atoms with E-state index >= 15 is 0 Å². The van der Waals surface area contributed by atoms with E-state index in [2.05, 4.69) is 204 Å². The minimum atomic E-state index is 0.925. The molecule has 0 unspecified atom stereocenters. The number of hydrogen-bond donors (Lipinski definition) is 0. The molecule has 246 valence electrons. The molecule has 0 fully saturated rings. The van der Waals surface area contributed by atoms with Gasteiger partial charge >= 0.3 is 0 Å². The minimum absolute atomic E-state index is 0.925. The van der Waals surface area contributed by atoms with E-state index in [0.717, 1.165) is 35.6 Å². The Balaban J connectivity index is 1.01. The molecule has 2 nitrogen and oxygen atoms in total. The highest BCUT2D eigenvalue weighted by Crippen LogP contribution is 2.46. The average molecular weight is 665 g/mol. The Morgan fingerprint density at radius 1 is 0.250 bits per heavy atom. The summed E-state index contributed by atoms with van der Waals surface area (Å²) in [6, 6.07) is 70.8. The highest BCUT2D eigenvalue weighted by atomic mass is 15.1. The van der Waals surface area contributed by atoms with Gasteiger partial charge in [0.25, 0.3) is 0 Å². The van der Waals surface area contributed by atoms with Gasteiger partial charge in [-0.05, 0) is 147 Å². The third-order valence-corrected chi connectivity index (χ3v) is 10.6. The zero-order valence-corrected chi connectivity index (χ0v) is 28.8. The fourth-order valence-corrected chi connectivity index (χ4v) is 8.20. The van der Waals surface area contributed by atoms with Crippen LogP contribution in [0.4, 0.5) is 34.1 Å². The summed E-state index contributed by atoms with van der Waals surface area (Å²) in [5, 5.41) is 0. The van der Waals surface area contributed by atoms with Crippen LogP contribution in [0.5, 0.6) is 0 Å². The molecule has 2 aliphatic carbocycles. The van der Waals surface area contributed by atoms with Gasteiger partial charge < -0.3 is 9.80 Å². The quantitative estimate of drug-likeness (QED) is 0.167. The number of para-hydroxylation sites is 3. The number of fused-ring (bicyclic) bond motifs is 6. The van der Waals surface area contributed by atoms with Crippen LogP contribution in [-0.2, 0) is 12.8 Å². The molecular formula is C50H36N2. The Bertz CT molecular complexity index is 2530. The van der Waals surface area contributed by atoms with Crippen molar-refractivity contribution in [1.29, 1.82) is 0 Å². The lowest BCUT2D eigenvalue weighted by molar-refractivity contribution is 1.22. The highest BCUT2D eigenvalue weighted by Gasteiger charge is 2.24. The van der Waals surface area contributed by atoms with Crippen molar-refractivity contribution in [3.63, 3.8) is 0 Å². The predicted octanol–water partition coefficient (Wildman–Crippen LogP) is 13.4. The van der Waals surface area contributed by atoms with Crippen molar-refractivity contribution in [3.05, 3.63) is 216 Å². The molecular weight excluding hydrogens is 629 g/mol. The van der Waals surface area contributed by atoms with Gasteiger partial charge in [0.2, 0.25) is 0 Å². The Morgan fingerprint density at radius 3 is 1.42 bits per heavy atom. The smallest absolute Gasteiger partial charge is 0.0467 e. The fourth-order valence-electron chi connectivity index (χ4n) is 8.20. The monoisotopic (exact) mass is 664 g/mol. The first-order valence-electron chi connectivity index (χ1n) is 18.1. The molecule has 0 saturated carbocycles. The predicted molar refractivity (Wildman–Crippen MR) is 218 cm³/mol. The molecule has 10 rings (SSSR count). The summed E-state index contributed by atoms with van der Waals surface area (Å²) in [6.45, 7) is 0. The molecule has 0 saturated heterocycles. The van der Waals surface area contributed by atoms with Gasteiger partial charge in [-0.15, -0.1) is 0 Å². The highest BCUT2D eigenvalue weighted by molar-refractivity contribution is 5.88. The normalized spacial score (nSPS) is 12.1. The van der Waals surface area contributed by atoms with Crippen molar-refractivity contribution in [2.75, 3.05) is 9.80 Å². The number of rotatable bonds is 7. The molecule has 0 spiro atoms. The van der Waals surface area contributed by atoms with Crippen molar-refractivity contribution >= 4 is 34.1 Å². The van der Waals surface area contributed by atoms with E-state index in [1.54, 1.807) is 0 Å². The Morgan fingerprint density at radius 2 is 0.712 bits per heavy atom. The molecule has 8 aromatic rings. The van der Waals surface area contributed by atoms with Crippen LogP contribution in [0, 0.1) is 0 Å². The summed E-state index contributed by atoms with van der Waals surface area (Å²) >= 11 is 0. The first kappa shape index (κ1) is 30.2. The summed E-state index contributed by atoms with van der Waals surface area (Å²) < 4.78 is 0. The van der Waals surface area contributed by atoms with Gasteiger partial charge in [0, 0.05) is 34.1 Å². The molecule has 2 heteroatoms. The molecule has 0 atom stereocenters. The van der Waals surface area contributed by atoms with Gasteiger partial charge in [-0.3, -0.25) is 0 Å². The van der Waals surface area contributed by atoms with Crippen molar-refractivity contribution in [1.82, 2.24) is 0 Å². The second-order valence-corrected chi connectivity index (χ2v) is 13.8. The van der Waals surface area contributed by atoms with E-state index in [1.807, 2.05) is 0 Å². The van der Waals surface area contributed by atoms with Gasteiger partial charge in [-0.1, -0.05) is 115 Å². The number of nitrogens with zero attached hydrogens (tertiary/aromatic N) is 2. The van der Waals surface area contributed by atoms with E-state index < -0.39 is 0 Å². The summed E-state index contributed by atoms with van der Waals surface area (Å²) in [6.07, 6.45) is 1.92. The number of hydrogen-bond acceptors (Lipinski definition) is 2. The average Bonchev–Trinajstić information content (AvgIpc) is 3.77. The van der Waals surface area contributed by atoms with Crippen molar-refractivity contribution in [3.8, 4) is 33.4 Å². The van der Waals surface area contributed by atoms with Crippen LogP contribution in [0.15, 0.2) is 194 Å². The summed E-state index contributed by atoms with van der Waals surface area (Å²) in [7, 11) is 0. The van der Waals surface area contributed by atoms with Crippen molar-refractivity contribution in [2.45, 2.75) is 12.8 Å². The molecule has 8 aromatic carbocycles. The third kappa shape index (κ3) is 5.28. The van der Waals surface area contributed by atoms with Crippen LogP contribution in [0.25, 0.3) is 33.4 Å². The maximum absolute atomic E-state index is 2.41. The largest absolute Gasteiger partial charge is 0.310 e. The van der Waals surface area contributed by atoms with Gasteiger partial charge in [-0.2, -0.15) is 0 Å². The molecule has 0 aromatic heterocycles. The van der Waals surface area contributed by atoms with E-state index in [-0.39, 0.29) is 0 Å². The topological polar surface area (TPSA) is 6.48 Å².